The van der Waals surface area contributed by atoms with Gasteiger partial charge in [-0.05, 0) is 24.6 Å². The lowest BCUT2D eigenvalue weighted by Gasteiger charge is -2.40. The molecule has 2 rings (SSSR count). The molecule has 0 aromatic heterocycles. The normalized spacial score (nSPS) is 16.6. The van der Waals surface area contributed by atoms with E-state index in [0.717, 1.165) is 12.1 Å². The number of rotatable bonds is 5. The van der Waals surface area contributed by atoms with E-state index in [0.29, 0.717) is 25.2 Å². The summed E-state index contributed by atoms with van der Waals surface area (Å²) in [6.07, 6.45) is -3.43. The van der Waals surface area contributed by atoms with Gasteiger partial charge in [0.05, 0.1) is 30.9 Å². The largest absolute Gasteiger partial charge is 0.416 e. The molecule has 0 spiro atoms. The van der Waals surface area contributed by atoms with E-state index in [1.807, 2.05) is 0 Å². The Labute approximate surface area is 132 Å². The average molecular weight is 328 g/mol. The van der Waals surface area contributed by atoms with Gasteiger partial charge >= 0.3 is 12.2 Å². The first kappa shape index (κ1) is 17.3. The van der Waals surface area contributed by atoms with Gasteiger partial charge in [-0.15, -0.1) is 6.58 Å². The molecule has 1 atom stereocenters. The maximum atomic E-state index is 12.7. The van der Waals surface area contributed by atoms with E-state index >= 15 is 0 Å². The second-order valence-corrected chi connectivity index (χ2v) is 5.40. The van der Waals surface area contributed by atoms with E-state index in [-0.39, 0.29) is 12.1 Å². The SMILES string of the molecule is C=CCNC(=O)N1CC(OC(C)c2cccc(C(F)(F)F)c2)C1. The summed E-state index contributed by atoms with van der Waals surface area (Å²) in [7, 11) is 0. The summed E-state index contributed by atoms with van der Waals surface area (Å²) in [6.45, 7) is 6.45. The number of carbonyl (C=O) groups is 1. The Kier molecular flexibility index (Phi) is 5.30. The topological polar surface area (TPSA) is 41.6 Å². The van der Waals surface area contributed by atoms with Crippen molar-refractivity contribution in [2.75, 3.05) is 19.6 Å². The highest BCUT2D eigenvalue weighted by atomic mass is 19.4. The van der Waals surface area contributed by atoms with Crippen LogP contribution in [0.4, 0.5) is 18.0 Å². The van der Waals surface area contributed by atoms with Crippen molar-refractivity contribution < 1.29 is 22.7 Å². The number of amides is 2. The average Bonchev–Trinajstić information content (AvgIpc) is 2.47. The van der Waals surface area contributed by atoms with E-state index in [4.69, 9.17) is 4.74 Å². The molecule has 1 aliphatic rings. The van der Waals surface area contributed by atoms with Crippen LogP contribution in [0.1, 0.15) is 24.2 Å². The first-order chi connectivity index (χ1) is 10.8. The number of likely N-dealkylation sites (tertiary alicyclic amines) is 1. The summed E-state index contributed by atoms with van der Waals surface area (Å²) in [5.74, 6) is 0. The van der Waals surface area contributed by atoms with Crippen LogP contribution in [0.25, 0.3) is 0 Å². The molecule has 4 nitrogen and oxygen atoms in total. The summed E-state index contributed by atoms with van der Waals surface area (Å²) in [6, 6.07) is 4.90. The van der Waals surface area contributed by atoms with Gasteiger partial charge in [0.15, 0.2) is 0 Å². The second-order valence-electron chi connectivity index (χ2n) is 5.40. The van der Waals surface area contributed by atoms with E-state index in [1.165, 1.54) is 6.07 Å². The summed E-state index contributed by atoms with van der Waals surface area (Å²) < 4.78 is 43.9. The molecule has 23 heavy (non-hydrogen) atoms. The molecule has 1 unspecified atom stereocenters. The van der Waals surface area contributed by atoms with Gasteiger partial charge in [0.25, 0.3) is 0 Å². The molecule has 1 N–H and O–H groups in total. The van der Waals surface area contributed by atoms with Crippen LogP contribution in [-0.4, -0.2) is 36.7 Å². The van der Waals surface area contributed by atoms with E-state index in [2.05, 4.69) is 11.9 Å². The van der Waals surface area contributed by atoms with Gasteiger partial charge in [0.2, 0.25) is 0 Å². The van der Waals surface area contributed by atoms with Crippen molar-refractivity contribution in [2.45, 2.75) is 25.3 Å². The van der Waals surface area contributed by atoms with Crippen molar-refractivity contribution >= 4 is 6.03 Å². The van der Waals surface area contributed by atoms with Crippen LogP contribution in [-0.2, 0) is 10.9 Å². The highest BCUT2D eigenvalue weighted by Gasteiger charge is 2.34. The number of urea groups is 1. The smallest absolute Gasteiger partial charge is 0.367 e. The van der Waals surface area contributed by atoms with Gasteiger partial charge in [-0.1, -0.05) is 18.2 Å². The van der Waals surface area contributed by atoms with Gasteiger partial charge in [-0.2, -0.15) is 13.2 Å². The van der Waals surface area contributed by atoms with Gasteiger partial charge < -0.3 is 15.0 Å². The highest BCUT2D eigenvalue weighted by molar-refractivity contribution is 5.75. The number of benzene rings is 1. The lowest BCUT2D eigenvalue weighted by atomic mass is 10.1. The van der Waals surface area contributed by atoms with Crippen molar-refractivity contribution in [1.29, 1.82) is 0 Å². The van der Waals surface area contributed by atoms with Crippen LogP contribution in [0, 0.1) is 0 Å². The minimum atomic E-state index is -4.37. The fourth-order valence-electron chi connectivity index (χ4n) is 2.30. The van der Waals surface area contributed by atoms with Crippen LogP contribution in [0.2, 0.25) is 0 Å². The first-order valence-corrected chi connectivity index (χ1v) is 7.27. The Morgan fingerprint density at radius 1 is 1.52 bits per heavy atom. The molecule has 2 amide bonds. The molecule has 1 aromatic carbocycles. The number of hydrogen-bond donors (Lipinski definition) is 1. The van der Waals surface area contributed by atoms with Crippen LogP contribution in [0.5, 0.6) is 0 Å². The standard InChI is InChI=1S/C16H19F3N2O2/c1-3-7-20-15(22)21-9-14(10-21)23-11(2)12-5-4-6-13(8-12)16(17,18)19/h3-6,8,11,14H,1,7,9-10H2,2H3,(H,20,22). The van der Waals surface area contributed by atoms with E-state index in [1.54, 1.807) is 24.0 Å². The number of ether oxygens (including phenoxy) is 1. The lowest BCUT2D eigenvalue weighted by molar-refractivity contribution is -0.137. The molecule has 1 fully saturated rings. The lowest BCUT2D eigenvalue weighted by Crippen LogP contribution is -2.57. The fraction of sp³-hybridized carbons (Fsp3) is 0.438. The van der Waals surface area contributed by atoms with Crippen molar-refractivity contribution in [2.24, 2.45) is 0 Å². The highest BCUT2D eigenvalue weighted by Crippen LogP contribution is 2.32. The number of halogens is 3. The molecule has 0 radical (unpaired) electrons. The minimum Gasteiger partial charge on any atom is -0.367 e. The molecule has 0 saturated carbocycles. The second kappa shape index (κ2) is 7.04. The molecule has 126 valence electrons. The Balaban J connectivity index is 1.86. The first-order valence-electron chi connectivity index (χ1n) is 7.27. The van der Waals surface area contributed by atoms with Crippen molar-refractivity contribution in [3.63, 3.8) is 0 Å². The quantitative estimate of drug-likeness (QED) is 0.842. The van der Waals surface area contributed by atoms with Gasteiger partial charge in [0.1, 0.15) is 0 Å². The zero-order valence-electron chi connectivity index (χ0n) is 12.8. The van der Waals surface area contributed by atoms with Gasteiger partial charge in [-0.25, -0.2) is 4.79 Å². The molecular weight excluding hydrogens is 309 g/mol. The molecule has 0 aliphatic carbocycles. The number of alkyl halides is 3. The third kappa shape index (κ3) is 4.48. The molecule has 1 aliphatic heterocycles. The van der Waals surface area contributed by atoms with Crippen LogP contribution >= 0.6 is 0 Å². The van der Waals surface area contributed by atoms with Crippen molar-refractivity contribution in [1.82, 2.24) is 10.2 Å². The molecule has 7 heteroatoms. The van der Waals surface area contributed by atoms with E-state index < -0.39 is 17.8 Å². The maximum Gasteiger partial charge on any atom is 0.416 e. The summed E-state index contributed by atoms with van der Waals surface area (Å²) in [4.78, 5) is 13.2. The van der Waals surface area contributed by atoms with Crippen LogP contribution in [0.15, 0.2) is 36.9 Å². The molecule has 1 heterocycles. The third-order valence-electron chi connectivity index (χ3n) is 3.61. The van der Waals surface area contributed by atoms with Crippen LogP contribution in [0.3, 0.4) is 0 Å². The van der Waals surface area contributed by atoms with Gasteiger partial charge in [-0.3, -0.25) is 0 Å². The van der Waals surface area contributed by atoms with Crippen LogP contribution < -0.4 is 5.32 Å². The maximum absolute atomic E-state index is 12.7. The number of carbonyl (C=O) groups excluding carboxylic acids is 1. The zero-order chi connectivity index (χ0) is 17.0. The number of nitrogens with one attached hydrogen (secondary N) is 1. The van der Waals surface area contributed by atoms with E-state index in [9.17, 15) is 18.0 Å². The fourth-order valence-corrected chi connectivity index (χ4v) is 2.30. The third-order valence-corrected chi connectivity index (χ3v) is 3.61. The molecule has 1 aromatic rings. The van der Waals surface area contributed by atoms with Crippen molar-refractivity contribution in [3.8, 4) is 0 Å². The monoisotopic (exact) mass is 328 g/mol. The summed E-state index contributed by atoms with van der Waals surface area (Å²) >= 11 is 0. The van der Waals surface area contributed by atoms with Crippen molar-refractivity contribution in [3.05, 3.63) is 48.0 Å². The number of hydrogen-bond acceptors (Lipinski definition) is 2. The molecule has 0 bridgehead atoms. The Morgan fingerprint density at radius 3 is 2.83 bits per heavy atom. The molecular formula is C16H19F3N2O2. The Bertz CT molecular complexity index is 569. The Hall–Kier alpha value is -2.02. The van der Waals surface area contributed by atoms with Gasteiger partial charge in [0, 0.05) is 6.54 Å². The molecule has 1 saturated heterocycles. The summed E-state index contributed by atoms with van der Waals surface area (Å²) in [5.41, 5.74) is -0.223. The number of nitrogens with zero attached hydrogens (tertiary/aromatic N) is 1. The zero-order valence-corrected chi connectivity index (χ0v) is 12.8. The Morgan fingerprint density at radius 2 is 2.22 bits per heavy atom. The summed E-state index contributed by atoms with van der Waals surface area (Å²) in [5, 5.41) is 2.65. The predicted octanol–water partition coefficient (Wildman–Crippen LogP) is 3.36. The predicted molar refractivity (Wildman–Crippen MR) is 79.9 cm³/mol. The minimum absolute atomic E-state index is 0.172.